The normalized spacial score (nSPS) is 16.9. The van der Waals surface area contributed by atoms with E-state index in [4.69, 9.17) is 4.74 Å². The number of nitrogens with zero attached hydrogens (tertiary/aromatic N) is 2. The standard InChI is InChI=1S/C13H22N4O2/c1-13(9-15-10-13)19-8-12(18)16-4-2-3-6-17-7-5-14-11-17/h5,7,11,15H,2-4,6,8-10H2,1H3,(H,16,18). The third-order valence-corrected chi connectivity index (χ3v) is 3.27. The van der Waals surface area contributed by atoms with Crippen LogP contribution in [0.15, 0.2) is 18.7 Å². The molecule has 0 radical (unpaired) electrons. The topological polar surface area (TPSA) is 68.2 Å². The SMILES string of the molecule is CC1(OCC(=O)NCCCCn2ccnc2)CNC1. The van der Waals surface area contributed by atoms with Crippen molar-refractivity contribution in [3.63, 3.8) is 0 Å². The molecule has 106 valence electrons. The summed E-state index contributed by atoms with van der Waals surface area (Å²) < 4.78 is 7.59. The molecule has 1 saturated heterocycles. The molecule has 0 aromatic carbocycles. The summed E-state index contributed by atoms with van der Waals surface area (Å²) in [5, 5.41) is 6.01. The second-order valence-corrected chi connectivity index (χ2v) is 5.20. The summed E-state index contributed by atoms with van der Waals surface area (Å²) in [4.78, 5) is 15.5. The van der Waals surface area contributed by atoms with Gasteiger partial charge < -0.3 is 19.9 Å². The Balaban J connectivity index is 1.47. The first-order valence-electron chi connectivity index (χ1n) is 6.75. The van der Waals surface area contributed by atoms with Crippen LogP contribution in [-0.2, 0) is 16.1 Å². The maximum Gasteiger partial charge on any atom is 0.246 e. The van der Waals surface area contributed by atoms with Gasteiger partial charge in [-0.15, -0.1) is 0 Å². The van der Waals surface area contributed by atoms with Crippen LogP contribution in [0.3, 0.4) is 0 Å². The zero-order valence-corrected chi connectivity index (χ0v) is 11.4. The van der Waals surface area contributed by atoms with Crippen molar-refractivity contribution in [3.8, 4) is 0 Å². The first kappa shape index (κ1) is 14.0. The van der Waals surface area contributed by atoms with Crippen molar-refractivity contribution in [2.45, 2.75) is 31.9 Å². The number of hydrogen-bond acceptors (Lipinski definition) is 4. The zero-order valence-electron chi connectivity index (χ0n) is 11.4. The second-order valence-electron chi connectivity index (χ2n) is 5.20. The van der Waals surface area contributed by atoms with Crippen LogP contribution in [-0.4, -0.2) is 47.3 Å². The number of unbranched alkanes of at least 4 members (excludes halogenated alkanes) is 1. The lowest BCUT2D eigenvalue weighted by Gasteiger charge is -2.38. The van der Waals surface area contributed by atoms with E-state index in [2.05, 4.69) is 15.6 Å². The number of nitrogens with one attached hydrogen (secondary N) is 2. The van der Waals surface area contributed by atoms with E-state index in [0.29, 0.717) is 6.54 Å². The monoisotopic (exact) mass is 266 g/mol. The van der Waals surface area contributed by atoms with E-state index < -0.39 is 0 Å². The van der Waals surface area contributed by atoms with Crippen LogP contribution in [0.5, 0.6) is 0 Å². The summed E-state index contributed by atoms with van der Waals surface area (Å²) >= 11 is 0. The average Bonchev–Trinajstić information content (AvgIpc) is 2.87. The molecule has 2 heterocycles. The molecule has 2 N–H and O–H groups in total. The van der Waals surface area contributed by atoms with Gasteiger partial charge in [0.15, 0.2) is 0 Å². The fraction of sp³-hybridized carbons (Fsp3) is 0.692. The molecule has 1 fully saturated rings. The number of aryl methyl sites for hydroxylation is 1. The number of ether oxygens (including phenoxy) is 1. The Kier molecular flexibility index (Phi) is 4.93. The van der Waals surface area contributed by atoms with Crippen molar-refractivity contribution in [2.24, 2.45) is 0 Å². The van der Waals surface area contributed by atoms with E-state index in [0.717, 1.165) is 32.5 Å². The zero-order chi connectivity index (χ0) is 13.6. The van der Waals surface area contributed by atoms with Crippen LogP contribution in [0.2, 0.25) is 0 Å². The Labute approximate surface area is 113 Å². The van der Waals surface area contributed by atoms with Crippen LogP contribution in [0.25, 0.3) is 0 Å². The minimum absolute atomic E-state index is 0.0317. The minimum atomic E-state index is -0.154. The first-order chi connectivity index (χ1) is 9.18. The summed E-state index contributed by atoms with van der Waals surface area (Å²) in [5.41, 5.74) is -0.154. The molecule has 0 aliphatic carbocycles. The smallest absolute Gasteiger partial charge is 0.246 e. The number of imidazole rings is 1. The van der Waals surface area contributed by atoms with Gasteiger partial charge in [-0.05, 0) is 19.8 Å². The van der Waals surface area contributed by atoms with Gasteiger partial charge in [0.05, 0.1) is 11.9 Å². The summed E-state index contributed by atoms with van der Waals surface area (Å²) in [6.07, 6.45) is 7.51. The van der Waals surface area contributed by atoms with E-state index in [1.165, 1.54) is 0 Å². The molecule has 1 aromatic rings. The highest BCUT2D eigenvalue weighted by Gasteiger charge is 2.32. The highest BCUT2D eigenvalue weighted by Crippen LogP contribution is 2.14. The molecule has 19 heavy (non-hydrogen) atoms. The molecule has 0 atom stereocenters. The average molecular weight is 266 g/mol. The molecule has 0 unspecified atom stereocenters. The number of amides is 1. The summed E-state index contributed by atoms with van der Waals surface area (Å²) in [5.74, 6) is -0.0317. The number of aromatic nitrogens is 2. The third kappa shape index (κ3) is 4.65. The molecule has 1 aromatic heterocycles. The van der Waals surface area contributed by atoms with Crippen LogP contribution in [0.1, 0.15) is 19.8 Å². The van der Waals surface area contributed by atoms with Gasteiger partial charge in [0.1, 0.15) is 6.61 Å². The van der Waals surface area contributed by atoms with Gasteiger partial charge in [0.2, 0.25) is 5.91 Å². The molecule has 1 aliphatic heterocycles. The van der Waals surface area contributed by atoms with Gasteiger partial charge in [-0.25, -0.2) is 4.98 Å². The molecule has 1 amide bonds. The number of carbonyl (C=O) groups excluding carboxylic acids is 1. The van der Waals surface area contributed by atoms with E-state index in [-0.39, 0.29) is 18.1 Å². The van der Waals surface area contributed by atoms with Crippen LogP contribution >= 0.6 is 0 Å². The molecule has 2 rings (SSSR count). The molecule has 0 saturated carbocycles. The van der Waals surface area contributed by atoms with E-state index in [1.807, 2.05) is 17.7 Å². The lowest BCUT2D eigenvalue weighted by molar-refractivity contribution is -0.135. The van der Waals surface area contributed by atoms with E-state index in [9.17, 15) is 4.79 Å². The summed E-state index contributed by atoms with van der Waals surface area (Å²) in [7, 11) is 0. The molecular weight excluding hydrogens is 244 g/mol. The Morgan fingerprint density at radius 1 is 1.53 bits per heavy atom. The fourth-order valence-corrected chi connectivity index (χ4v) is 1.94. The second kappa shape index (κ2) is 6.68. The van der Waals surface area contributed by atoms with E-state index >= 15 is 0 Å². The number of carbonyl (C=O) groups is 1. The highest BCUT2D eigenvalue weighted by atomic mass is 16.5. The molecule has 6 nitrogen and oxygen atoms in total. The van der Waals surface area contributed by atoms with Crippen molar-refractivity contribution < 1.29 is 9.53 Å². The minimum Gasteiger partial charge on any atom is -0.363 e. The van der Waals surface area contributed by atoms with Crippen molar-refractivity contribution >= 4 is 5.91 Å². The Morgan fingerprint density at radius 2 is 2.37 bits per heavy atom. The van der Waals surface area contributed by atoms with E-state index in [1.54, 1.807) is 12.5 Å². The quantitative estimate of drug-likeness (QED) is 0.658. The Hall–Kier alpha value is -1.40. The van der Waals surface area contributed by atoms with Crippen molar-refractivity contribution in [2.75, 3.05) is 26.2 Å². The maximum atomic E-state index is 11.5. The molecular formula is C13H22N4O2. The maximum absolute atomic E-state index is 11.5. The number of hydrogen-bond donors (Lipinski definition) is 2. The Bertz CT molecular complexity index is 387. The van der Waals surface area contributed by atoms with Gasteiger partial charge in [-0.1, -0.05) is 0 Å². The van der Waals surface area contributed by atoms with Gasteiger partial charge in [-0.2, -0.15) is 0 Å². The molecule has 1 aliphatic rings. The first-order valence-corrected chi connectivity index (χ1v) is 6.75. The summed E-state index contributed by atoms with van der Waals surface area (Å²) in [6.45, 7) is 5.46. The molecule has 0 spiro atoms. The third-order valence-electron chi connectivity index (χ3n) is 3.27. The van der Waals surface area contributed by atoms with Crippen molar-refractivity contribution in [1.29, 1.82) is 0 Å². The highest BCUT2D eigenvalue weighted by molar-refractivity contribution is 5.77. The summed E-state index contributed by atoms with van der Waals surface area (Å²) in [6, 6.07) is 0. The van der Waals surface area contributed by atoms with Gasteiger partial charge in [-0.3, -0.25) is 4.79 Å². The Morgan fingerprint density at radius 3 is 3.00 bits per heavy atom. The van der Waals surface area contributed by atoms with Crippen molar-refractivity contribution in [3.05, 3.63) is 18.7 Å². The number of rotatable bonds is 8. The lowest BCUT2D eigenvalue weighted by Crippen LogP contribution is -2.59. The van der Waals surface area contributed by atoms with Crippen molar-refractivity contribution in [1.82, 2.24) is 20.2 Å². The van der Waals surface area contributed by atoms with Crippen LogP contribution in [0.4, 0.5) is 0 Å². The predicted octanol–water partition coefficient (Wildman–Crippen LogP) is 0.158. The largest absolute Gasteiger partial charge is 0.363 e. The molecule has 6 heteroatoms. The van der Waals surface area contributed by atoms with Crippen LogP contribution < -0.4 is 10.6 Å². The fourth-order valence-electron chi connectivity index (χ4n) is 1.94. The van der Waals surface area contributed by atoms with Gasteiger partial charge in [0, 0.05) is 38.6 Å². The van der Waals surface area contributed by atoms with Gasteiger partial charge in [0.25, 0.3) is 0 Å². The van der Waals surface area contributed by atoms with Crippen LogP contribution in [0, 0.1) is 0 Å². The lowest BCUT2D eigenvalue weighted by atomic mass is 10.0. The predicted molar refractivity (Wildman–Crippen MR) is 71.7 cm³/mol. The van der Waals surface area contributed by atoms with Gasteiger partial charge >= 0.3 is 0 Å². The molecule has 0 bridgehead atoms.